The molecule has 0 saturated carbocycles. The highest BCUT2D eigenvalue weighted by Gasteiger charge is 2.10. The van der Waals surface area contributed by atoms with Gasteiger partial charge < -0.3 is 10.3 Å². The zero-order valence-electron chi connectivity index (χ0n) is 11.8. The van der Waals surface area contributed by atoms with Crippen molar-refractivity contribution in [1.82, 2.24) is 9.55 Å². The molecule has 0 aliphatic heterocycles. The maximum absolute atomic E-state index is 13.8. The van der Waals surface area contributed by atoms with Crippen LogP contribution in [0, 0.1) is 12.7 Å². The van der Waals surface area contributed by atoms with Crippen LogP contribution in [0.15, 0.2) is 54.7 Å². The second kappa shape index (κ2) is 5.40. The fourth-order valence-electron chi connectivity index (χ4n) is 2.39. The largest absolute Gasteiger partial charge is 0.399 e. The first kappa shape index (κ1) is 13.4. The number of nitrogens with two attached hydrogens (primary N) is 1. The van der Waals surface area contributed by atoms with Crippen molar-refractivity contribution in [2.45, 2.75) is 13.5 Å². The van der Waals surface area contributed by atoms with Crippen molar-refractivity contribution in [2.75, 3.05) is 5.73 Å². The molecule has 0 unspecified atom stereocenters. The van der Waals surface area contributed by atoms with Gasteiger partial charge in [0, 0.05) is 23.0 Å². The Morgan fingerprint density at radius 1 is 1.14 bits per heavy atom. The van der Waals surface area contributed by atoms with Crippen molar-refractivity contribution in [3.63, 3.8) is 0 Å². The number of nitrogen functional groups attached to an aromatic ring is 1. The maximum atomic E-state index is 13.8. The summed E-state index contributed by atoms with van der Waals surface area (Å²) in [6.07, 6.45) is 1.92. The number of aryl methyl sites for hydroxylation is 1. The maximum Gasteiger partial charge on any atom is 0.140 e. The Hall–Kier alpha value is -2.62. The number of hydrogen-bond acceptors (Lipinski definition) is 2. The molecule has 0 aliphatic rings. The molecule has 0 atom stereocenters. The number of nitrogens with zero attached hydrogens (tertiary/aromatic N) is 2. The van der Waals surface area contributed by atoms with E-state index in [0.717, 1.165) is 17.1 Å². The van der Waals surface area contributed by atoms with Gasteiger partial charge in [0.05, 0.1) is 12.2 Å². The highest BCUT2D eigenvalue weighted by atomic mass is 19.1. The summed E-state index contributed by atoms with van der Waals surface area (Å²) in [7, 11) is 0. The van der Waals surface area contributed by atoms with E-state index in [1.54, 1.807) is 12.1 Å². The Balaban J connectivity index is 2.02. The Morgan fingerprint density at radius 2 is 1.95 bits per heavy atom. The summed E-state index contributed by atoms with van der Waals surface area (Å²) in [5.41, 5.74) is 8.98. The van der Waals surface area contributed by atoms with Crippen LogP contribution < -0.4 is 5.73 Å². The molecule has 2 aromatic carbocycles. The van der Waals surface area contributed by atoms with Gasteiger partial charge >= 0.3 is 0 Å². The van der Waals surface area contributed by atoms with E-state index in [1.807, 2.05) is 48.0 Å². The molecule has 4 heteroatoms. The molecule has 0 aliphatic carbocycles. The molecule has 21 heavy (non-hydrogen) atoms. The third-order valence-electron chi connectivity index (χ3n) is 3.34. The summed E-state index contributed by atoms with van der Waals surface area (Å²) < 4.78 is 15.8. The summed E-state index contributed by atoms with van der Waals surface area (Å²) >= 11 is 0. The van der Waals surface area contributed by atoms with Gasteiger partial charge in [-0.1, -0.05) is 30.3 Å². The smallest absolute Gasteiger partial charge is 0.140 e. The van der Waals surface area contributed by atoms with Crippen LogP contribution in [0.25, 0.3) is 11.4 Å². The molecule has 2 N–H and O–H groups in total. The van der Waals surface area contributed by atoms with E-state index >= 15 is 0 Å². The second-order valence-corrected chi connectivity index (χ2v) is 5.05. The van der Waals surface area contributed by atoms with Crippen LogP contribution >= 0.6 is 0 Å². The number of benzene rings is 2. The molecular formula is C17H16FN3. The number of hydrogen-bond donors (Lipinski definition) is 1. The van der Waals surface area contributed by atoms with E-state index in [1.165, 1.54) is 6.07 Å². The van der Waals surface area contributed by atoms with Gasteiger partial charge in [-0.15, -0.1) is 0 Å². The van der Waals surface area contributed by atoms with Crippen molar-refractivity contribution in [3.05, 3.63) is 71.8 Å². The first-order valence-corrected chi connectivity index (χ1v) is 6.76. The van der Waals surface area contributed by atoms with Crippen LogP contribution in [0.4, 0.5) is 10.1 Å². The van der Waals surface area contributed by atoms with Gasteiger partial charge in [0.25, 0.3) is 0 Å². The fraction of sp³-hybridized carbons (Fsp3) is 0.118. The van der Waals surface area contributed by atoms with Crippen LogP contribution in [0.2, 0.25) is 0 Å². The number of imidazole rings is 1. The quantitative estimate of drug-likeness (QED) is 0.745. The molecule has 1 heterocycles. The van der Waals surface area contributed by atoms with Crippen molar-refractivity contribution in [3.8, 4) is 11.4 Å². The molecule has 3 aromatic rings. The Morgan fingerprint density at radius 3 is 2.71 bits per heavy atom. The van der Waals surface area contributed by atoms with Gasteiger partial charge in [-0.25, -0.2) is 9.37 Å². The molecule has 0 radical (unpaired) electrons. The molecule has 0 fully saturated rings. The average molecular weight is 281 g/mol. The molecule has 3 nitrogen and oxygen atoms in total. The second-order valence-electron chi connectivity index (χ2n) is 5.05. The standard InChI is InChI=1S/C17H16FN3/c1-12-10-21(11-14-5-2-3-8-16(14)18)17(20-12)13-6-4-7-15(19)9-13/h2-10H,11,19H2,1H3. The molecule has 3 rings (SSSR count). The van der Waals surface area contributed by atoms with Crippen molar-refractivity contribution >= 4 is 5.69 Å². The van der Waals surface area contributed by atoms with E-state index < -0.39 is 0 Å². The van der Waals surface area contributed by atoms with Crippen LogP contribution in [-0.4, -0.2) is 9.55 Å². The third kappa shape index (κ3) is 2.79. The predicted octanol–water partition coefficient (Wildman–Crippen LogP) is 3.63. The zero-order valence-corrected chi connectivity index (χ0v) is 11.8. The van der Waals surface area contributed by atoms with Crippen LogP contribution in [0.5, 0.6) is 0 Å². The topological polar surface area (TPSA) is 43.8 Å². The highest BCUT2D eigenvalue weighted by Crippen LogP contribution is 2.22. The van der Waals surface area contributed by atoms with Gasteiger partial charge in [0.15, 0.2) is 0 Å². The SMILES string of the molecule is Cc1cn(Cc2ccccc2F)c(-c2cccc(N)c2)n1. The van der Waals surface area contributed by atoms with Gasteiger partial charge in [0.2, 0.25) is 0 Å². The lowest BCUT2D eigenvalue weighted by Gasteiger charge is -2.09. The zero-order chi connectivity index (χ0) is 14.8. The summed E-state index contributed by atoms with van der Waals surface area (Å²) in [5, 5.41) is 0. The number of rotatable bonds is 3. The van der Waals surface area contributed by atoms with Crippen LogP contribution in [0.1, 0.15) is 11.3 Å². The first-order chi connectivity index (χ1) is 10.1. The molecule has 1 aromatic heterocycles. The lowest BCUT2D eigenvalue weighted by atomic mass is 10.1. The Labute approximate surface area is 122 Å². The van der Waals surface area contributed by atoms with E-state index in [9.17, 15) is 4.39 Å². The normalized spacial score (nSPS) is 10.8. The molecular weight excluding hydrogens is 265 g/mol. The summed E-state index contributed by atoms with van der Waals surface area (Å²) in [6.45, 7) is 2.37. The van der Waals surface area contributed by atoms with Crippen molar-refractivity contribution < 1.29 is 4.39 Å². The summed E-state index contributed by atoms with van der Waals surface area (Å²) in [5.74, 6) is 0.588. The van der Waals surface area contributed by atoms with E-state index in [-0.39, 0.29) is 5.82 Å². The van der Waals surface area contributed by atoms with E-state index in [4.69, 9.17) is 5.73 Å². The van der Waals surface area contributed by atoms with Gasteiger partial charge in [-0.3, -0.25) is 0 Å². The molecule has 106 valence electrons. The minimum absolute atomic E-state index is 0.206. The lowest BCUT2D eigenvalue weighted by molar-refractivity contribution is 0.600. The minimum Gasteiger partial charge on any atom is -0.399 e. The van der Waals surface area contributed by atoms with Crippen molar-refractivity contribution in [2.24, 2.45) is 0 Å². The molecule has 0 bridgehead atoms. The average Bonchev–Trinajstić information content (AvgIpc) is 2.82. The minimum atomic E-state index is -0.206. The number of anilines is 1. The number of aromatic nitrogens is 2. The summed E-state index contributed by atoms with van der Waals surface area (Å²) in [4.78, 5) is 4.53. The van der Waals surface area contributed by atoms with E-state index in [2.05, 4.69) is 4.98 Å². The van der Waals surface area contributed by atoms with Gasteiger partial charge in [0.1, 0.15) is 11.6 Å². The third-order valence-corrected chi connectivity index (χ3v) is 3.34. The van der Waals surface area contributed by atoms with Crippen LogP contribution in [-0.2, 0) is 6.54 Å². The fourth-order valence-corrected chi connectivity index (χ4v) is 2.39. The summed E-state index contributed by atoms with van der Waals surface area (Å²) in [6, 6.07) is 14.3. The molecule has 0 saturated heterocycles. The van der Waals surface area contributed by atoms with Crippen LogP contribution in [0.3, 0.4) is 0 Å². The molecule has 0 amide bonds. The van der Waals surface area contributed by atoms with E-state index in [0.29, 0.717) is 17.8 Å². The Kier molecular flexibility index (Phi) is 3.44. The predicted molar refractivity (Wildman–Crippen MR) is 82.3 cm³/mol. The van der Waals surface area contributed by atoms with Gasteiger partial charge in [-0.05, 0) is 25.1 Å². The van der Waals surface area contributed by atoms with Crippen molar-refractivity contribution in [1.29, 1.82) is 0 Å². The Bertz CT molecular complexity index is 777. The molecule has 0 spiro atoms. The number of halogens is 1. The first-order valence-electron chi connectivity index (χ1n) is 6.76. The van der Waals surface area contributed by atoms with Gasteiger partial charge in [-0.2, -0.15) is 0 Å². The lowest BCUT2D eigenvalue weighted by Crippen LogP contribution is -2.03. The monoisotopic (exact) mass is 281 g/mol. The highest BCUT2D eigenvalue weighted by molar-refractivity contribution is 5.61.